The van der Waals surface area contributed by atoms with Gasteiger partial charge in [-0.05, 0) is 49.4 Å². The third kappa shape index (κ3) is 4.77. The maximum atomic E-state index is 11.8. The van der Waals surface area contributed by atoms with Gasteiger partial charge in [-0.3, -0.25) is 4.79 Å². The smallest absolute Gasteiger partial charge is 0.326 e. The number of benzene rings is 1. The van der Waals surface area contributed by atoms with Crippen molar-refractivity contribution in [3.63, 3.8) is 0 Å². The van der Waals surface area contributed by atoms with E-state index in [4.69, 9.17) is 9.84 Å². The van der Waals surface area contributed by atoms with E-state index in [1.54, 1.807) is 13.8 Å². The van der Waals surface area contributed by atoms with E-state index >= 15 is 0 Å². The summed E-state index contributed by atoms with van der Waals surface area (Å²) in [5, 5.41) is 11.5. The van der Waals surface area contributed by atoms with Gasteiger partial charge in [0.1, 0.15) is 11.8 Å². The van der Waals surface area contributed by atoms with Crippen LogP contribution in [0.5, 0.6) is 5.75 Å². The minimum Gasteiger partial charge on any atom is -0.483 e. The average Bonchev–Trinajstić information content (AvgIpc) is 2.37. The summed E-state index contributed by atoms with van der Waals surface area (Å²) in [6, 6.07) is 3.01. The van der Waals surface area contributed by atoms with Gasteiger partial charge in [0.2, 0.25) is 0 Å². The first kappa shape index (κ1) is 17.0. The van der Waals surface area contributed by atoms with Crippen LogP contribution >= 0.6 is 0 Å². The fraction of sp³-hybridized carbons (Fsp3) is 0.500. The molecule has 0 aliphatic heterocycles. The summed E-state index contributed by atoms with van der Waals surface area (Å²) in [6.45, 7) is 9.16. The van der Waals surface area contributed by atoms with Gasteiger partial charge in [-0.25, -0.2) is 4.79 Å². The molecule has 0 fully saturated rings. The van der Waals surface area contributed by atoms with Crippen LogP contribution in [0.15, 0.2) is 12.1 Å². The number of aliphatic carboxylic acids is 1. The number of aryl methyl sites for hydroxylation is 2. The first-order chi connectivity index (χ1) is 9.72. The highest BCUT2D eigenvalue weighted by atomic mass is 16.5. The van der Waals surface area contributed by atoms with Crippen molar-refractivity contribution < 1.29 is 19.4 Å². The predicted octanol–water partition coefficient (Wildman–Crippen LogP) is 2.22. The molecule has 1 rings (SSSR count). The number of carboxylic acids is 1. The zero-order chi connectivity index (χ0) is 16.2. The molecule has 1 unspecified atom stereocenters. The largest absolute Gasteiger partial charge is 0.483 e. The number of ether oxygens (including phenoxy) is 1. The fourth-order valence-corrected chi connectivity index (χ4v) is 2.02. The Hall–Kier alpha value is -2.04. The third-order valence-electron chi connectivity index (χ3n) is 3.37. The van der Waals surface area contributed by atoms with E-state index in [1.165, 1.54) is 0 Å². The van der Waals surface area contributed by atoms with Gasteiger partial charge in [0.15, 0.2) is 6.61 Å². The lowest BCUT2D eigenvalue weighted by atomic mass is 10.0. The second-order valence-corrected chi connectivity index (χ2v) is 5.62. The van der Waals surface area contributed by atoms with E-state index in [0.717, 1.165) is 16.7 Å². The molecular weight excluding hydrogens is 270 g/mol. The minimum absolute atomic E-state index is 0.186. The molecule has 21 heavy (non-hydrogen) atoms. The number of rotatable bonds is 6. The molecule has 1 amide bonds. The molecule has 0 aliphatic carbocycles. The van der Waals surface area contributed by atoms with Crippen LogP contribution in [0, 0.1) is 26.7 Å². The van der Waals surface area contributed by atoms with Gasteiger partial charge in [0, 0.05) is 0 Å². The first-order valence-electron chi connectivity index (χ1n) is 6.95. The monoisotopic (exact) mass is 293 g/mol. The summed E-state index contributed by atoms with van der Waals surface area (Å²) in [6.07, 6.45) is 0. The Labute approximate surface area is 125 Å². The standard InChI is InChI=1S/C16H23NO4/c1-9(2)15(16(19)20)17-14(18)8-21-13-7-10(3)6-11(4)12(13)5/h6-7,9,15H,8H2,1-5H3,(H,17,18)(H,19,20). The van der Waals surface area contributed by atoms with Gasteiger partial charge in [-0.2, -0.15) is 0 Å². The predicted molar refractivity (Wildman–Crippen MR) is 80.6 cm³/mol. The van der Waals surface area contributed by atoms with Crippen molar-refractivity contribution >= 4 is 11.9 Å². The van der Waals surface area contributed by atoms with E-state index in [0.29, 0.717) is 5.75 Å². The van der Waals surface area contributed by atoms with Crippen molar-refractivity contribution in [2.45, 2.75) is 40.7 Å². The van der Waals surface area contributed by atoms with Crippen LogP contribution < -0.4 is 10.1 Å². The SMILES string of the molecule is Cc1cc(C)c(C)c(OCC(=O)NC(C(=O)O)C(C)C)c1. The van der Waals surface area contributed by atoms with E-state index in [9.17, 15) is 9.59 Å². The topological polar surface area (TPSA) is 75.6 Å². The molecule has 1 aromatic rings. The zero-order valence-electron chi connectivity index (χ0n) is 13.2. The summed E-state index contributed by atoms with van der Waals surface area (Å²) in [5.41, 5.74) is 3.13. The Morgan fingerprint density at radius 3 is 2.38 bits per heavy atom. The second kappa shape index (κ2) is 7.11. The van der Waals surface area contributed by atoms with Crippen LogP contribution in [0.4, 0.5) is 0 Å². The summed E-state index contributed by atoms with van der Waals surface area (Å²) in [7, 11) is 0. The Morgan fingerprint density at radius 2 is 1.86 bits per heavy atom. The molecule has 5 nitrogen and oxygen atoms in total. The molecular formula is C16H23NO4. The number of hydrogen-bond acceptors (Lipinski definition) is 3. The highest BCUT2D eigenvalue weighted by Crippen LogP contribution is 2.23. The van der Waals surface area contributed by atoms with Gasteiger partial charge < -0.3 is 15.2 Å². The van der Waals surface area contributed by atoms with Crippen LogP contribution in [0.1, 0.15) is 30.5 Å². The molecule has 1 aromatic carbocycles. The fourth-order valence-electron chi connectivity index (χ4n) is 2.02. The molecule has 1 atom stereocenters. The maximum absolute atomic E-state index is 11.8. The van der Waals surface area contributed by atoms with E-state index in [1.807, 2.05) is 32.9 Å². The lowest BCUT2D eigenvalue weighted by Crippen LogP contribution is -2.46. The Morgan fingerprint density at radius 1 is 1.24 bits per heavy atom. The Kier molecular flexibility index (Phi) is 5.76. The quantitative estimate of drug-likeness (QED) is 0.843. The number of carboxylic acid groups (broad SMARTS) is 1. The molecule has 5 heteroatoms. The number of amides is 1. The van der Waals surface area contributed by atoms with Crippen molar-refractivity contribution in [3.05, 3.63) is 28.8 Å². The van der Waals surface area contributed by atoms with Gasteiger partial charge >= 0.3 is 5.97 Å². The molecule has 0 aromatic heterocycles. The lowest BCUT2D eigenvalue weighted by molar-refractivity contribution is -0.143. The van der Waals surface area contributed by atoms with Crippen molar-refractivity contribution in [2.24, 2.45) is 5.92 Å². The van der Waals surface area contributed by atoms with Crippen LogP contribution in [0.25, 0.3) is 0 Å². The van der Waals surface area contributed by atoms with Gasteiger partial charge in [-0.15, -0.1) is 0 Å². The summed E-state index contributed by atoms with van der Waals surface area (Å²) < 4.78 is 5.52. The highest BCUT2D eigenvalue weighted by molar-refractivity contribution is 5.84. The van der Waals surface area contributed by atoms with Gasteiger partial charge in [0.05, 0.1) is 0 Å². The van der Waals surface area contributed by atoms with Gasteiger partial charge in [0.25, 0.3) is 5.91 Å². The number of carbonyl (C=O) groups is 2. The molecule has 116 valence electrons. The van der Waals surface area contributed by atoms with E-state index < -0.39 is 17.9 Å². The Balaban J connectivity index is 2.67. The van der Waals surface area contributed by atoms with Crippen LogP contribution in [-0.4, -0.2) is 29.6 Å². The lowest BCUT2D eigenvalue weighted by Gasteiger charge is -2.18. The number of nitrogens with one attached hydrogen (secondary N) is 1. The zero-order valence-corrected chi connectivity index (χ0v) is 13.2. The van der Waals surface area contributed by atoms with Crippen LogP contribution in [0.2, 0.25) is 0 Å². The van der Waals surface area contributed by atoms with Gasteiger partial charge in [-0.1, -0.05) is 19.9 Å². The van der Waals surface area contributed by atoms with Crippen molar-refractivity contribution in [1.29, 1.82) is 0 Å². The summed E-state index contributed by atoms with van der Waals surface area (Å²) in [5.74, 6) is -1.01. The first-order valence-corrected chi connectivity index (χ1v) is 6.95. The number of carbonyl (C=O) groups excluding carboxylic acids is 1. The van der Waals surface area contributed by atoms with E-state index in [2.05, 4.69) is 5.32 Å². The summed E-state index contributed by atoms with van der Waals surface area (Å²) >= 11 is 0. The normalized spacial score (nSPS) is 12.1. The molecule has 0 spiro atoms. The number of hydrogen-bond donors (Lipinski definition) is 2. The third-order valence-corrected chi connectivity index (χ3v) is 3.37. The molecule has 0 aliphatic rings. The van der Waals surface area contributed by atoms with Crippen molar-refractivity contribution in [1.82, 2.24) is 5.32 Å². The highest BCUT2D eigenvalue weighted by Gasteiger charge is 2.23. The average molecular weight is 293 g/mol. The van der Waals surface area contributed by atoms with Crippen LogP contribution in [-0.2, 0) is 9.59 Å². The second-order valence-electron chi connectivity index (χ2n) is 5.62. The molecule has 0 saturated carbocycles. The Bertz CT molecular complexity index is 537. The molecule has 0 radical (unpaired) electrons. The molecule has 0 saturated heterocycles. The van der Waals surface area contributed by atoms with Crippen LogP contribution in [0.3, 0.4) is 0 Å². The van der Waals surface area contributed by atoms with E-state index in [-0.39, 0.29) is 12.5 Å². The maximum Gasteiger partial charge on any atom is 0.326 e. The molecule has 0 heterocycles. The van der Waals surface area contributed by atoms with Crippen molar-refractivity contribution in [2.75, 3.05) is 6.61 Å². The van der Waals surface area contributed by atoms with Crippen molar-refractivity contribution in [3.8, 4) is 5.75 Å². The minimum atomic E-state index is -1.04. The summed E-state index contributed by atoms with van der Waals surface area (Å²) in [4.78, 5) is 22.9. The molecule has 2 N–H and O–H groups in total. The molecule has 0 bridgehead atoms.